The fourth-order valence-electron chi connectivity index (χ4n) is 3.49. The van der Waals surface area contributed by atoms with Crippen LogP contribution in [0.2, 0.25) is 6.04 Å². The van der Waals surface area contributed by atoms with E-state index in [-0.39, 0.29) is 0 Å². The van der Waals surface area contributed by atoms with Crippen LogP contribution in [0.15, 0.2) is 0 Å². The Balaban J connectivity index is 2.95. The molecule has 0 saturated carbocycles. The molecule has 0 bridgehead atoms. The largest absolute Gasteiger partial charge is 0.417 e. The average molecular weight is 383 g/mol. The first-order chi connectivity index (χ1) is 12.9. The van der Waals surface area contributed by atoms with E-state index in [2.05, 4.69) is 13.8 Å². The van der Waals surface area contributed by atoms with E-state index in [0.29, 0.717) is 0 Å². The van der Waals surface area contributed by atoms with E-state index in [4.69, 9.17) is 4.43 Å². The molecular formula is C24H50OSi. The Bertz CT molecular complexity index is 208. The molecule has 2 radical (unpaired) electrons. The normalized spacial score (nSPS) is 11.3. The standard InChI is InChI=1S/C24H50OSi/c1-3-5-7-9-10-11-12-13-14-15-16-17-18-19-20-21-23-25-26-24-22-8-6-4-2/h3-24H2,1-2H3. The summed E-state index contributed by atoms with van der Waals surface area (Å²) in [5.41, 5.74) is 0. The van der Waals surface area contributed by atoms with Gasteiger partial charge in [0.1, 0.15) is 0 Å². The van der Waals surface area contributed by atoms with E-state index < -0.39 is 0 Å². The lowest BCUT2D eigenvalue weighted by Crippen LogP contribution is -2.00. The van der Waals surface area contributed by atoms with Crippen molar-refractivity contribution in [1.82, 2.24) is 0 Å². The predicted octanol–water partition coefficient (Wildman–Crippen LogP) is 8.88. The van der Waals surface area contributed by atoms with Crippen molar-refractivity contribution >= 4 is 9.76 Å². The molecule has 0 atom stereocenters. The van der Waals surface area contributed by atoms with Gasteiger partial charge in [0, 0.05) is 6.61 Å². The van der Waals surface area contributed by atoms with Crippen LogP contribution in [0, 0.1) is 0 Å². The monoisotopic (exact) mass is 382 g/mol. The minimum atomic E-state index is 0.754. The van der Waals surface area contributed by atoms with Crippen LogP contribution in [-0.2, 0) is 4.43 Å². The Labute approximate surface area is 169 Å². The Morgan fingerprint density at radius 2 is 0.769 bits per heavy atom. The van der Waals surface area contributed by atoms with Crippen LogP contribution < -0.4 is 0 Å². The maximum atomic E-state index is 5.76. The zero-order valence-electron chi connectivity index (χ0n) is 18.5. The highest BCUT2D eigenvalue weighted by atomic mass is 28.2. The molecule has 0 unspecified atom stereocenters. The number of hydrogen-bond donors (Lipinski definition) is 0. The van der Waals surface area contributed by atoms with Gasteiger partial charge in [-0.05, 0) is 12.5 Å². The van der Waals surface area contributed by atoms with Crippen molar-refractivity contribution in [2.24, 2.45) is 0 Å². The van der Waals surface area contributed by atoms with Crippen LogP contribution in [0.25, 0.3) is 0 Å². The Kier molecular flexibility index (Phi) is 25.3. The third-order valence-electron chi connectivity index (χ3n) is 5.33. The molecule has 26 heavy (non-hydrogen) atoms. The smallest absolute Gasteiger partial charge is 0.229 e. The van der Waals surface area contributed by atoms with Crippen molar-refractivity contribution in [1.29, 1.82) is 0 Å². The van der Waals surface area contributed by atoms with Crippen molar-refractivity contribution in [3.63, 3.8) is 0 Å². The minimum absolute atomic E-state index is 0.754. The summed E-state index contributed by atoms with van der Waals surface area (Å²) in [6.07, 6.45) is 28.5. The second-order valence-corrected chi connectivity index (χ2v) is 9.18. The van der Waals surface area contributed by atoms with Gasteiger partial charge in [0.05, 0.1) is 0 Å². The van der Waals surface area contributed by atoms with E-state index >= 15 is 0 Å². The van der Waals surface area contributed by atoms with Gasteiger partial charge >= 0.3 is 0 Å². The van der Waals surface area contributed by atoms with Gasteiger partial charge in [-0.15, -0.1) is 0 Å². The Morgan fingerprint density at radius 1 is 0.423 bits per heavy atom. The maximum Gasteiger partial charge on any atom is 0.229 e. The predicted molar refractivity (Wildman–Crippen MR) is 120 cm³/mol. The summed E-state index contributed by atoms with van der Waals surface area (Å²) in [4.78, 5) is 0. The number of unbranched alkanes of at least 4 members (excludes halogenated alkanes) is 18. The van der Waals surface area contributed by atoms with E-state index in [9.17, 15) is 0 Å². The second kappa shape index (κ2) is 25.2. The quantitative estimate of drug-likeness (QED) is 0.127. The first-order valence-electron chi connectivity index (χ1n) is 12.3. The molecule has 0 aromatic heterocycles. The molecule has 0 aromatic carbocycles. The first-order valence-corrected chi connectivity index (χ1v) is 13.4. The SMILES string of the molecule is CCCCCCCCCCCCCCCCCCO[Si]CCCCCC. The molecule has 0 amide bonds. The average Bonchev–Trinajstić information content (AvgIpc) is 2.66. The molecule has 0 aliphatic rings. The highest BCUT2D eigenvalue weighted by Crippen LogP contribution is 2.13. The second-order valence-electron chi connectivity index (χ2n) is 8.11. The lowest BCUT2D eigenvalue weighted by molar-refractivity contribution is 0.319. The molecule has 2 heteroatoms. The van der Waals surface area contributed by atoms with Crippen LogP contribution in [-0.4, -0.2) is 16.4 Å². The summed E-state index contributed by atoms with van der Waals surface area (Å²) in [6.45, 7) is 5.58. The van der Waals surface area contributed by atoms with Crippen molar-refractivity contribution in [2.75, 3.05) is 6.61 Å². The molecule has 0 rings (SSSR count). The molecule has 0 spiro atoms. The molecule has 0 aliphatic carbocycles. The molecule has 156 valence electrons. The van der Waals surface area contributed by atoms with Gasteiger partial charge in [0.15, 0.2) is 0 Å². The van der Waals surface area contributed by atoms with Gasteiger partial charge in [-0.3, -0.25) is 0 Å². The van der Waals surface area contributed by atoms with Crippen molar-refractivity contribution in [3.05, 3.63) is 0 Å². The molecule has 0 N–H and O–H groups in total. The van der Waals surface area contributed by atoms with Gasteiger partial charge in [-0.2, -0.15) is 0 Å². The summed E-state index contributed by atoms with van der Waals surface area (Å²) in [5.74, 6) is 0. The minimum Gasteiger partial charge on any atom is -0.417 e. The molecule has 0 aromatic rings. The molecule has 1 nitrogen and oxygen atoms in total. The van der Waals surface area contributed by atoms with Crippen molar-refractivity contribution in [2.45, 2.75) is 148 Å². The Hall–Kier alpha value is 0.177. The number of rotatable bonds is 23. The third kappa shape index (κ3) is 24.2. The molecule has 0 fully saturated rings. The zero-order chi connectivity index (χ0) is 19.0. The summed E-state index contributed by atoms with van der Waals surface area (Å²) in [6, 6.07) is 1.29. The highest BCUT2D eigenvalue weighted by Gasteiger charge is 1.96. The first kappa shape index (κ1) is 26.2. The maximum absolute atomic E-state index is 5.76. The van der Waals surface area contributed by atoms with E-state index in [1.54, 1.807) is 0 Å². The van der Waals surface area contributed by atoms with Crippen LogP contribution in [0.1, 0.15) is 142 Å². The zero-order valence-corrected chi connectivity index (χ0v) is 19.5. The van der Waals surface area contributed by atoms with E-state index in [1.165, 1.54) is 134 Å². The van der Waals surface area contributed by atoms with E-state index in [1.807, 2.05) is 0 Å². The number of hydrogen-bond acceptors (Lipinski definition) is 1. The van der Waals surface area contributed by atoms with Gasteiger partial charge < -0.3 is 4.43 Å². The van der Waals surface area contributed by atoms with E-state index in [0.717, 1.165) is 16.4 Å². The van der Waals surface area contributed by atoms with Crippen LogP contribution in [0.4, 0.5) is 0 Å². The lowest BCUT2D eigenvalue weighted by Gasteiger charge is -2.04. The third-order valence-corrected chi connectivity index (χ3v) is 6.30. The van der Waals surface area contributed by atoms with Crippen LogP contribution in [0.5, 0.6) is 0 Å². The molecule has 0 saturated heterocycles. The molecular weight excluding hydrogens is 332 g/mol. The summed E-state index contributed by atoms with van der Waals surface area (Å²) in [7, 11) is 0.754. The van der Waals surface area contributed by atoms with Gasteiger partial charge in [-0.25, -0.2) is 0 Å². The summed E-state index contributed by atoms with van der Waals surface area (Å²) < 4.78 is 5.76. The molecule has 0 aliphatic heterocycles. The van der Waals surface area contributed by atoms with Crippen LogP contribution in [0.3, 0.4) is 0 Å². The fraction of sp³-hybridized carbons (Fsp3) is 1.00. The summed E-state index contributed by atoms with van der Waals surface area (Å²) in [5, 5.41) is 0. The lowest BCUT2D eigenvalue weighted by atomic mass is 10.0. The Morgan fingerprint density at radius 3 is 1.19 bits per heavy atom. The highest BCUT2D eigenvalue weighted by molar-refractivity contribution is 6.26. The topological polar surface area (TPSA) is 9.23 Å². The van der Waals surface area contributed by atoms with Crippen LogP contribution >= 0.6 is 0 Å². The van der Waals surface area contributed by atoms with Gasteiger partial charge in [-0.1, -0.05) is 136 Å². The van der Waals surface area contributed by atoms with Gasteiger partial charge in [0.2, 0.25) is 9.76 Å². The van der Waals surface area contributed by atoms with Crippen molar-refractivity contribution < 1.29 is 4.43 Å². The fourth-order valence-corrected chi connectivity index (χ4v) is 4.32. The van der Waals surface area contributed by atoms with Crippen molar-refractivity contribution in [3.8, 4) is 0 Å². The summed E-state index contributed by atoms with van der Waals surface area (Å²) >= 11 is 0. The van der Waals surface area contributed by atoms with Gasteiger partial charge in [0.25, 0.3) is 0 Å². The molecule has 0 heterocycles.